The maximum atomic E-state index is 4.35. The molecule has 122 valence electrons. The standard InChI is InChI=1S/C18H24N4S/c1-15(2)17-19-20-18(23-17)22-13-11-21(12-14-22)10-6-9-16-7-4-3-5-8-16/h3-9,15H,10-14H2,1-2H3/b9-6+. The van der Waals surface area contributed by atoms with Gasteiger partial charge in [0.25, 0.3) is 0 Å². The van der Waals surface area contributed by atoms with E-state index in [-0.39, 0.29) is 0 Å². The zero-order valence-corrected chi connectivity index (χ0v) is 14.7. The summed E-state index contributed by atoms with van der Waals surface area (Å²) >= 11 is 1.74. The molecule has 1 aliphatic heterocycles. The molecule has 1 aromatic carbocycles. The van der Waals surface area contributed by atoms with Gasteiger partial charge in [-0.3, -0.25) is 4.90 Å². The van der Waals surface area contributed by atoms with Gasteiger partial charge in [0.15, 0.2) is 0 Å². The van der Waals surface area contributed by atoms with Gasteiger partial charge in [0.05, 0.1) is 0 Å². The van der Waals surface area contributed by atoms with Gasteiger partial charge in [0.2, 0.25) is 5.13 Å². The lowest BCUT2D eigenvalue weighted by Crippen LogP contribution is -2.46. The van der Waals surface area contributed by atoms with Gasteiger partial charge in [0.1, 0.15) is 5.01 Å². The third-order valence-electron chi connectivity index (χ3n) is 4.04. The van der Waals surface area contributed by atoms with E-state index >= 15 is 0 Å². The molecule has 0 N–H and O–H groups in total. The number of piperazine rings is 1. The van der Waals surface area contributed by atoms with E-state index < -0.39 is 0 Å². The highest BCUT2D eigenvalue weighted by Gasteiger charge is 2.19. The number of rotatable bonds is 5. The minimum Gasteiger partial charge on any atom is -0.344 e. The zero-order valence-electron chi connectivity index (χ0n) is 13.9. The average molecular weight is 328 g/mol. The Labute approximate surface area is 142 Å². The van der Waals surface area contributed by atoms with Crippen LogP contribution in [0.3, 0.4) is 0 Å². The van der Waals surface area contributed by atoms with Crippen molar-refractivity contribution in [1.82, 2.24) is 15.1 Å². The second-order valence-electron chi connectivity index (χ2n) is 6.18. The van der Waals surface area contributed by atoms with Crippen LogP contribution in [0.1, 0.15) is 30.3 Å². The van der Waals surface area contributed by atoms with E-state index in [0.29, 0.717) is 5.92 Å². The highest BCUT2D eigenvalue weighted by molar-refractivity contribution is 7.15. The Hall–Kier alpha value is -1.72. The molecule has 3 rings (SSSR count). The van der Waals surface area contributed by atoms with Crippen LogP contribution in [0.5, 0.6) is 0 Å². The highest BCUT2D eigenvalue weighted by atomic mass is 32.1. The molecule has 0 amide bonds. The Balaban J connectivity index is 1.47. The van der Waals surface area contributed by atoms with Crippen molar-refractivity contribution < 1.29 is 0 Å². The van der Waals surface area contributed by atoms with Crippen molar-refractivity contribution in [1.29, 1.82) is 0 Å². The lowest BCUT2D eigenvalue weighted by atomic mass is 10.2. The van der Waals surface area contributed by atoms with E-state index in [1.807, 2.05) is 0 Å². The van der Waals surface area contributed by atoms with Gasteiger partial charge < -0.3 is 4.90 Å². The Morgan fingerprint density at radius 1 is 1.09 bits per heavy atom. The molecule has 0 aliphatic carbocycles. The molecule has 5 heteroatoms. The molecule has 1 aromatic heterocycles. The fourth-order valence-corrected chi connectivity index (χ4v) is 3.51. The first-order chi connectivity index (χ1) is 11.2. The summed E-state index contributed by atoms with van der Waals surface area (Å²) in [6.45, 7) is 9.57. The summed E-state index contributed by atoms with van der Waals surface area (Å²) in [6.07, 6.45) is 4.46. The third-order valence-corrected chi connectivity index (χ3v) is 5.32. The van der Waals surface area contributed by atoms with Gasteiger partial charge in [-0.2, -0.15) is 0 Å². The second kappa shape index (κ2) is 7.70. The summed E-state index contributed by atoms with van der Waals surface area (Å²) in [7, 11) is 0. The van der Waals surface area contributed by atoms with Crippen LogP contribution in [0.25, 0.3) is 6.08 Å². The maximum Gasteiger partial charge on any atom is 0.208 e. The summed E-state index contributed by atoms with van der Waals surface area (Å²) in [6, 6.07) is 10.5. The topological polar surface area (TPSA) is 32.3 Å². The monoisotopic (exact) mass is 328 g/mol. The molecule has 1 fully saturated rings. The quantitative estimate of drug-likeness (QED) is 0.841. The molecular weight excluding hydrogens is 304 g/mol. The van der Waals surface area contributed by atoms with Crippen LogP contribution in [-0.4, -0.2) is 47.8 Å². The van der Waals surface area contributed by atoms with Crippen molar-refractivity contribution in [2.75, 3.05) is 37.6 Å². The predicted molar refractivity (Wildman–Crippen MR) is 98.1 cm³/mol. The van der Waals surface area contributed by atoms with Crippen LogP contribution in [0.4, 0.5) is 5.13 Å². The SMILES string of the molecule is CC(C)c1nnc(N2CCN(C/C=C/c3ccccc3)CC2)s1. The Kier molecular flexibility index (Phi) is 5.41. The number of anilines is 1. The summed E-state index contributed by atoms with van der Waals surface area (Å²) < 4.78 is 0. The lowest BCUT2D eigenvalue weighted by Gasteiger charge is -2.33. The molecule has 0 spiro atoms. The van der Waals surface area contributed by atoms with Crippen molar-refractivity contribution in [2.24, 2.45) is 0 Å². The number of hydrogen-bond acceptors (Lipinski definition) is 5. The average Bonchev–Trinajstić information content (AvgIpc) is 3.07. The van der Waals surface area contributed by atoms with Crippen LogP contribution >= 0.6 is 11.3 Å². The largest absolute Gasteiger partial charge is 0.344 e. The first-order valence-corrected chi connectivity index (χ1v) is 9.06. The zero-order chi connectivity index (χ0) is 16.1. The summed E-state index contributed by atoms with van der Waals surface area (Å²) in [5.41, 5.74) is 1.27. The minimum atomic E-state index is 0.464. The molecule has 23 heavy (non-hydrogen) atoms. The first kappa shape index (κ1) is 16.1. The molecular formula is C18H24N4S. The lowest BCUT2D eigenvalue weighted by molar-refractivity contribution is 0.284. The normalized spacial score (nSPS) is 16.6. The molecule has 0 bridgehead atoms. The molecule has 0 radical (unpaired) electrons. The van der Waals surface area contributed by atoms with Crippen LogP contribution in [0.15, 0.2) is 36.4 Å². The molecule has 0 saturated carbocycles. The Morgan fingerprint density at radius 3 is 2.48 bits per heavy atom. The van der Waals surface area contributed by atoms with Crippen LogP contribution in [-0.2, 0) is 0 Å². The van der Waals surface area contributed by atoms with Crippen molar-refractivity contribution in [3.63, 3.8) is 0 Å². The number of aromatic nitrogens is 2. The molecule has 1 aliphatic rings. The molecule has 0 unspecified atom stereocenters. The van der Waals surface area contributed by atoms with Gasteiger partial charge >= 0.3 is 0 Å². The summed E-state index contributed by atoms with van der Waals surface area (Å²) in [5, 5.41) is 10.9. The predicted octanol–water partition coefficient (Wildman–Crippen LogP) is 3.50. The van der Waals surface area contributed by atoms with Crippen LogP contribution in [0, 0.1) is 0 Å². The summed E-state index contributed by atoms with van der Waals surface area (Å²) in [4.78, 5) is 4.85. The highest BCUT2D eigenvalue weighted by Crippen LogP contribution is 2.26. The smallest absolute Gasteiger partial charge is 0.208 e. The van der Waals surface area contributed by atoms with E-state index in [4.69, 9.17) is 0 Å². The van der Waals surface area contributed by atoms with Gasteiger partial charge in [-0.15, -0.1) is 10.2 Å². The molecule has 1 saturated heterocycles. The van der Waals surface area contributed by atoms with E-state index in [1.54, 1.807) is 11.3 Å². The van der Waals surface area contributed by atoms with Gasteiger partial charge in [-0.1, -0.05) is 67.7 Å². The fourth-order valence-electron chi connectivity index (χ4n) is 2.61. The van der Waals surface area contributed by atoms with Gasteiger partial charge in [0, 0.05) is 38.6 Å². The molecule has 4 nitrogen and oxygen atoms in total. The molecule has 2 aromatic rings. The molecule has 0 atom stereocenters. The van der Waals surface area contributed by atoms with Crippen molar-refractivity contribution >= 4 is 22.5 Å². The Bertz CT molecular complexity index is 627. The minimum absolute atomic E-state index is 0.464. The first-order valence-electron chi connectivity index (χ1n) is 8.24. The van der Waals surface area contributed by atoms with Gasteiger partial charge in [-0.05, 0) is 5.56 Å². The van der Waals surface area contributed by atoms with Crippen molar-refractivity contribution in [2.45, 2.75) is 19.8 Å². The summed E-state index contributed by atoms with van der Waals surface area (Å²) in [5.74, 6) is 0.464. The van der Waals surface area contributed by atoms with Crippen molar-refractivity contribution in [3.05, 3.63) is 47.0 Å². The van der Waals surface area contributed by atoms with Crippen LogP contribution in [0.2, 0.25) is 0 Å². The molecule has 2 heterocycles. The van der Waals surface area contributed by atoms with E-state index in [0.717, 1.165) is 42.9 Å². The third kappa shape index (κ3) is 4.39. The Morgan fingerprint density at radius 2 is 1.83 bits per heavy atom. The number of hydrogen-bond donors (Lipinski definition) is 0. The van der Waals surface area contributed by atoms with E-state index in [2.05, 4.69) is 76.3 Å². The second-order valence-corrected chi connectivity index (χ2v) is 7.17. The number of nitrogens with zero attached hydrogens (tertiary/aromatic N) is 4. The number of benzene rings is 1. The fraction of sp³-hybridized carbons (Fsp3) is 0.444. The van der Waals surface area contributed by atoms with Crippen molar-refractivity contribution in [3.8, 4) is 0 Å². The maximum absolute atomic E-state index is 4.35. The van der Waals surface area contributed by atoms with E-state index in [1.165, 1.54) is 5.56 Å². The van der Waals surface area contributed by atoms with Crippen LogP contribution < -0.4 is 4.90 Å². The van der Waals surface area contributed by atoms with E-state index in [9.17, 15) is 0 Å². The van der Waals surface area contributed by atoms with Gasteiger partial charge in [-0.25, -0.2) is 0 Å².